The Balaban J connectivity index is 4.32. The number of carbonyl (C=O) groups is 1. The SMILES string of the molecule is COC(=O)C(C)(C)CN(C)C(C)CC(C)C. The van der Waals surface area contributed by atoms with E-state index in [-0.39, 0.29) is 5.97 Å². The molecule has 0 N–H and O–H groups in total. The van der Waals surface area contributed by atoms with Gasteiger partial charge >= 0.3 is 5.97 Å². The van der Waals surface area contributed by atoms with Crippen LogP contribution in [0.25, 0.3) is 0 Å². The van der Waals surface area contributed by atoms with E-state index in [4.69, 9.17) is 4.74 Å². The normalized spacial score (nSPS) is 14.3. The van der Waals surface area contributed by atoms with Crippen LogP contribution in [0.5, 0.6) is 0 Å². The van der Waals surface area contributed by atoms with Crippen LogP contribution in [0.3, 0.4) is 0 Å². The number of carbonyl (C=O) groups excluding carboxylic acids is 1. The van der Waals surface area contributed by atoms with E-state index in [2.05, 4.69) is 32.7 Å². The molecule has 1 atom stereocenters. The summed E-state index contributed by atoms with van der Waals surface area (Å²) < 4.78 is 4.81. The molecule has 96 valence electrons. The summed E-state index contributed by atoms with van der Waals surface area (Å²) in [6.07, 6.45) is 1.15. The first-order valence-electron chi connectivity index (χ1n) is 5.99. The fourth-order valence-electron chi connectivity index (χ4n) is 1.98. The van der Waals surface area contributed by atoms with Gasteiger partial charge in [-0.2, -0.15) is 0 Å². The van der Waals surface area contributed by atoms with Gasteiger partial charge in [0.2, 0.25) is 0 Å². The average Bonchev–Trinajstić information content (AvgIpc) is 2.14. The molecule has 0 aliphatic carbocycles. The molecule has 0 aromatic carbocycles. The predicted molar refractivity (Wildman–Crippen MR) is 67.3 cm³/mol. The van der Waals surface area contributed by atoms with Gasteiger partial charge in [0.15, 0.2) is 0 Å². The van der Waals surface area contributed by atoms with Gasteiger partial charge in [0, 0.05) is 12.6 Å². The Bertz CT molecular complexity index is 224. The van der Waals surface area contributed by atoms with Crippen LogP contribution in [-0.4, -0.2) is 37.6 Å². The lowest BCUT2D eigenvalue weighted by Gasteiger charge is -2.32. The van der Waals surface area contributed by atoms with Gasteiger partial charge in [0.1, 0.15) is 0 Å². The monoisotopic (exact) mass is 229 g/mol. The van der Waals surface area contributed by atoms with Crippen molar-refractivity contribution in [2.24, 2.45) is 11.3 Å². The predicted octanol–water partition coefficient (Wildman–Crippen LogP) is 2.55. The first-order valence-corrected chi connectivity index (χ1v) is 5.99. The molecule has 3 nitrogen and oxygen atoms in total. The van der Waals surface area contributed by atoms with Crippen molar-refractivity contribution in [2.45, 2.75) is 47.1 Å². The first kappa shape index (κ1) is 15.4. The number of nitrogens with zero attached hydrogens (tertiary/aromatic N) is 1. The standard InChI is InChI=1S/C13H27NO2/c1-10(2)8-11(3)14(6)9-13(4,5)12(15)16-7/h10-11H,8-9H2,1-7H3. The van der Waals surface area contributed by atoms with E-state index in [9.17, 15) is 4.79 Å². The summed E-state index contributed by atoms with van der Waals surface area (Å²) in [7, 11) is 3.51. The van der Waals surface area contributed by atoms with Gasteiger partial charge in [-0.05, 0) is 40.2 Å². The zero-order valence-electron chi connectivity index (χ0n) is 11.8. The van der Waals surface area contributed by atoms with Crippen LogP contribution in [-0.2, 0) is 9.53 Å². The van der Waals surface area contributed by atoms with Crippen molar-refractivity contribution in [3.8, 4) is 0 Å². The summed E-state index contributed by atoms with van der Waals surface area (Å²) >= 11 is 0. The molecule has 0 saturated heterocycles. The van der Waals surface area contributed by atoms with Crippen LogP contribution in [0.4, 0.5) is 0 Å². The van der Waals surface area contributed by atoms with Gasteiger partial charge in [0.25, 0.3) is 0 Å². The molecule has 0 radical (unpaired) electrons. The molecule has 0 saturated carbocycles. The lowest BCUT2D eigenvalue weighted by Crippen LogP contribution is -2.42. The van der Waals surface area contributed by atoms with E-state index in [1.165, 1.54) is 7.11 Å². The highest BCUT2D eigenvalue weighted by molar-refractivity contribution is 5.76. The zero-order valence-corrected chi connectivity index (χ0v) is 11.8. The third-order valence-corrected chi connectivity index (χ3v) is 2.95. The fourth-order valence-corrected chi connectivity index (χ4v) is 1.98. The first-order chi connectivity index (χ1) is 7.20. The summed E-state index contributed by atoms with van der Waals surface area (Å²) in [6.45, 7) is 11.2. The molecule has 0 amide bonds. The third kappa shape index (κ3) is 4.97. The number of rotatable bonds is 6. The van der Waals surface area contributed by atoms with Gasteiger partial charge in [0.05, 0.1) is 12.5 Å². The molecule has 0 spiro atoms. The van der Waals surface area contributed by atoms with Crippen molar-refractivity contribution < 1.29 is 9.53 Å². The number of ether oxygens (including phenoxy) is 1. The Morgan fingerprint density at radius 2 is 1.81 bits per heavy atom. The fraction of sp³-hybridized carbons (Fsp3) is 0.923. The number of esters is 1. The van der Waals surface area contributed by atoms with Gasteiger partial charge in [-0.1, -0.05) is 13.8 Å². The minimum atomic E-state index is -0.436. The molecule has 1 unspecified atom stereocenters. The topological polar surface area (TPSA) is 29.5 Å². The summed E-state index contributed by atoms with van der Waals surface area (Å²) in [5.41, 5.74) is -0.436. The summed E-state index contributed by atoms with van der Waals surface area (Å²) in [6, 6.07) is 0.490. The lowest BCUT2D eigenvalue weighted by molar-refractivity contribution is -0.151. The number of hydrogen-bond acceptors (Lipinski definition) is 3. The molecule has 0 fully saturated rings. The average molecular weight is 229 g/mol. The second kappa shape index (κ2) is 6.24. The van der Waals surface area contributed by atoms with Gasteiger partial charge in [-0.3, -0.25) is 4.79 Å². The minimum Gasteiger partial charge on any atom is -0.469 e. The van der Waals surface area contributed by atoms with Crippen LogP contribution in [0, 0.1) is 11.3 Å². The van der Waals surface area contributed by atoms with Crippen LogP contribution in [0.1, 0.15) is 41.0 Å². The Morgan fingerprint density at radius 3 is 2.19 bits per heavy atom. The smallest absolute Gasteiger partial charge is 0.312 e. The van der Waals surface area contributed by atoms with Crippen molar-refractivity contribution in [2.75, 3.05) is 20.7 Å². The van der Waals surface area contributed by atoms with Crippen molar-refractivity contribution in [1.82, 2.24) is 4.90 Å². The van der Waals surface area contributed by atoms with Crippen LogP contribution < -0.4 is 0 Å². The van der Waals surface area contributed by atoms with Crippen LogP contribution >= 0.6 is 0 Å². The molecule has 0 aromatic rings. The van der Waals surface area contributed by atoms with Crippen LogP contribution in [0.2, 0.25) is 0 Å². The highest BCUT2D eigenvalue weighted by Gasteiger charge is 2.31. The van der Waals surface area contributed by atoms with Crippen molar-refractivity contribution >= 4 is 5.97 Å². The van der Waals surface area contributed by atoms with E-state index in [0.29, 0.717) is 12.0 Å². The lowest BCUT2D eigenvalue weighted by atomic mass is 9.92. The summed E-state index contributed by atoms with van der Waals surface area (Å²) in [5.74, 6) is 0.537. The molecule has 3 heteroatoms. The minimum absolute atomic E-state index is 0.143. The molecular weight excluding hydrogens is 202 g/mol. The second-order valence-electron chi connectivity index (χ2n) is 5.77. The highest BCUT2D eigenvalue weighted by Crippen LogP contribution is 2.21. The molecule has 0 aromatic heterocycles. The van der Waals surface area contributed by atoms with Crippen LogP contribution in [0.15, 0.2) is 0 Å². The van der Waals surface area contributed by atoms with Crippen molar-refractivity contribution in [1.29, 1.82) is 0 Å². The van der Waals surface area contributed by atoms with E-state index < -0.39 is 5.41 Å². The third-order valence-electron chi connectivity index (χ3n) is 2.95. The van der Waals surface area contributed by atoms with E-state index in [1.807, 2.05) is 13.8 Å². The zero-order chi connectivity index (χ0) is 12.9. The van der Waals surface area contributed by atoms with E-state index in [0.717, 1.165) is 13.0 Å². The largest absolute Gasteiger partial charge is 0.469 e. The van der Waals surface area contributed by atoms with Gasteiger partial charge in [-0.15, -0.1) is 0 Å². The molecule has 0 heterocycles. The van der Waals surface area contributed by atoms with E-state index in [1.54, 1.807) is 0 Å². The molecule has 16 heavy (non-hydrogen) atoms. The molecule has 0 aliphatic heterocycles. The quantitative estimate of drug-likeness (QED) is 0.656. The highest BCUT2D eigenvalue weighted by atomic mass is 16.5. The molecule has 0 aliphatic rings. The second-order valence-corrected chi connectivity index (χ2v) is 5.77. The Hall–Kier alpha value is -0.570. The number of hydrogen-bond donors (Lipinski definition) is 0. The number of methoxy groups -OCH3 is 1. The maximum Gasteiger partial charge on any atom is 0.312 e. The summed E-state index contributed by atoms with van der Waals surface area (Å²) in [4.78, 5) is 13.8. The van der Waals surface area contributed by atoms with Crippen molar-refractivity contribution in [3.63, 3.8) is 0 Å². The molecular formula is C13H27NO2. The Kier molecular flexibility index (Phi) is 6.01. The van der Waals surface area contributed by atoms with E-state index >= 15 is 0 Å². The van der Waals surface area contributed by atoms with Gasteiger partial charge in [-0.25, -0.2) is 0 Å². The van der Waals surface area contributed by atoms with Crippen molar-refractivity contribution in [3.05, 3.63) is 0 Å². The Labute approximate surface area is 100 Å². The Morgan fingerprint density at radius 1 is 1.31 bits per heavy atom. The summed E-state index contributed by atoms with van der Waals surface area (Å²) in [5, 5.41) is 0. The maximum atomic E-state index is 11.6. The molecule has 0 bridgehead atoms. The molecule has 0 rings (SSSR count). The van der Waals surface area contributed by atoms with Gasteiger partial charge < -0.3 is 9.64 Å². The maximum absolute atomic E-state index is 11.6.